The Morgan fingerprint density at radius 3 is 2.65 bits per heavy atom. The third-order valence-electron chi connectivity index (χ3n) is 4.26. The highest BCUT2D eigenvalue weighted by Gasteiger charge is 2.25. The molecule has 1 aliphatic heterocycles. The Morgan fingerprint density at radius 2 is 2.04 bits per heavy atom. The van der Waals surface area contributed by atoms with Gasteiger partial charge >= 0.3 is 0 Å². The van der Waals surface area contributed by atoms with Crippen LogP contribution in [0.3, 0.4) is 0 Å². The number of carbonyl (C=O) groups is 2. The molecule has 2 aromatic rings. The van der Waals surface area contributed by atoms with Gasteiger partial charge in [-0.3, -0.25) is 9.59 Å². The van der Waals surface area contributed by atoms with E-state index < -0.39 is 0 Å². The van der Waals surface area contributed by atoms with E-state index in [-0.39, 0.29) is 24.5 Å². The molecule has 3 rings (SSSR count). The van der Waals surface area contributed by atoms with Gasteiger partial charge in [-0.05, 0) is 38.8 Å². The van der Waals surface area contributed by atoms with E-state index in [9.17, 15) is 9.59 Å². The summed E-state index contributed by atoms with van der Waals surface area (Å²) in [5.74, 6) is 0.434. The van der Waals surface area contributed by atoms with E-state index in [4.69, 9.17) is 9.26 Å². The number of rotatable bonds is 6. The topological polar surface area (TPSA) is 84.7 Å². The summed E-state index contributed by atoms with van der Waals surface area (Å²) in [5, 5.41) is 6.40. The quantitative estimate of drug-likeness (QED) is 0.859. The van der Waals surface area contributed by atoms with Crippen LogP contribution >= 0.6 is 0 Å². The predicted octanol–water partition coefficient (Wildman–Crippen LogP) is 2.55. The van der Waals surface area contributed by atoms with Crippen molar-refractivity contribution >= 4 is 17.6 Å². The highest BCUT2D eigenvalue weighted by atomic mass is 16.5. The van der Waals surface area contributed by atoms with E-state index in [1.54, 1.807) is 25.1 Å². The number of ether oxygens (including phenoxy) is 1. The van der Waals surface area contributed by atoms with E-state index >= 15 is 0 Å². The van der Waals surface area contributed by atoms with Crippen LogP contribution in [0.15, 0.2) is 34.9 Å². The van der Waals surface area contributed by atoms with Gasteiger partial charge in [0.05, 0.1) is 6.10 Å². The van der Waals surface area contributed by atoms with Gasteiger partial charge in [0.2, 0.25) is 5.91 Å². The maximum atomic E-state index is 12.9. The van der Waals surface area contributed by atoms with Crippen molar-refractivity contribution in [2.75, 3.05) is 25.0 Å². The van der Waals surface area contributed by atoms with Crippen LogP contribution in [0.2, 0.25) is 0 Å². The molecule has 0 spiro atoms. The van der Waals surface area contributed by atoms with E-state index in [1.165, 1.54) is 4.90 Å². The molecule has 1 aromatic heterocycles. The van der Waals surface area contributed by atoms with E-state index in [0.29, 0.717) is 30.3 Å². The van der Waals surface area contributed by atoms with Gasteiger partial charge in [-0.1, -0.05) is 22.9 Å². The molecule has 0 bridgehead atoms. The number of nitrogens with one attached hydrogen (secondary N) is 1. The Morgan fingerprint density at radius 1 is 1.27 bits per heavy atom. The van der Waals surface area contributed by atoms with Gasteiger partial charge in [0.1, 0.15) is 12.3 Å². The first-order valence-corrected chi connectivity index (χ1v) is 8.72. The molecule has 1 aromatic carbocycles. The number of nitrogens with zero attached hydrogens (tertiary/aromatic N) is 2. The molecule has 7 nitrogen and oxygen atoms in total. The van der Waals surface area contributed by atoms with Gasteiger partial charge in [-0.15, -0.1) is 0 Å². The minimum atomic E-state index is -0.322. The van der Waals surface area contributed by atoms with Gasteiger partial charge in [-0.25, -0.2) is 0 Å². The number of anilines is 1. The zero-order valence-corrected chi connectivity index (χ0v) is 15.0. The van der Waals surface area contributed by atoms with Crippen molar-refractivity contribution in [3.8, 4) is 0 Å². The zero-order valence-electron chi connectivity index (χ0n) is 15.0. The molecule has 2 heterocycles. The molecule has 0 saturated carbocycles. The lowest BCUT2D eigenvalue weighted by atomic mass is 10.1. The number of carbonyl (C=O) groups excluding carboxylic acids is 2. The lowest BCUT2D eigenvalue weighted by Gasteiger charge is -2.25. The number of aryl methyl sites for hydroxylation is 2. The van der Waals surface area contributed by atoms with Crippen LogP contribution in [-0.4, -0.2) is 47.7 Å². The summed E-state index contributed by atoms with van der Waals surface area (Å²) in [7, 11) is 0. The zero-order chi connectivity index (χ0) is 18.5. The normalized spacial score (nSPS) is 16.5. The molecule has 1 saturated heterocycles. The van der Waals surface area contributed by atoms with Crippen molar-refractivity contribution in [2.24, 2.45) is 0 Å². The van der Waals surface area contributed by atoms with Gasteiger partial charge in [0.15, 0.2) is 5.82 Å². The van der Waals surface area contributed by atoms with Gasteiger partial charge in [-0.2, -0.15) is 0 Å². The van der Waals surface area contributed by atoms with Crippen molar-refractivity contribution in [1.82, 2.24) is 10.1 Å². The summed E-state index contributed by atoms with van der Waals surface area (Å²) in [6.07, 6.45) is 1.83. The maximum absolute atomic E-state index is 12.9. The highest BCUT2D eigenvalue weighted by molar-refractivity contribution is 5.99. The summed E-state index contributed by atoms with van der Waals surface area (Å²) < 4.78 is 10.6. The minimum absolute atomic E-state index is 0.0357. The number of hydrogen-bond acceptors (Lipinski definition) is 5. The molecule has 1 aliphatic rings. The summed E-state index contributed by atoms with van der Waals surface area (Å²) in [4.78, 5) is 26.8. The maximum Gasteiger partial charge on any atom is 0.254 e. The summed E-state index contributed by atoms with van der Waals surface area (Å²) in [6.45, 7) is 4.72. The predicted molar refractivity (Wildman–Crippen MR) is 95.9 cm³/mol. The molecule has 0 aliphatic carbocycles. The first-order valence-electron chi connectivity index (χ1n) is 8.72. The Labute approximate surface area is 152 Å². The van der Waals surface area contributed by atoms with Crippen LogP contribution in [0.5, 0.6) is 0 Å². The van der Waals surface area contributed by atoms with Crippen molar-refractivity contribution in [3.05, 3.63) is 47.2 Å². The van der Waals surface area contributed by atoms with E-state index in [0.717, 1.165) is 18.4 Å². The average Bonchev–Trinajstić information content (AvgIpc) is 3.26. The monoisotopic (exact) mass is 357 g/mol. The lowest BCUT2D eigenvalue weighted by Crippen LogP contribution is -2.42. The number of benzene rings is 1. The SMILES string of the molecule is Cc1ccc(C(=O)N(CC(=O)Nc2cc(C)on2)CC2CCCO2)cc1. The molecule has 1 fully saturated rings. The summed E-state index contributed by atoms with van der Waals surface area (Å²) >= 11 is 0. The smallest absolute Gasteiger partial charge is 0.254 e. The van der Waals surface area contributed by atoms with Gasteiger partial charge in [0, 0.05) is 24.8 Å². The highest BCUT2D eigenvalue weighted by Crippen LogP contribution is 2.16. The van der Waals surface area contributed by atoms with Crippen molar-refractivity contribution < 1.29 is 18.8 Å². The van der Waals surface area contributed by atoms with Crippen molar-refractivity contribution in [3.63, 3.8) is 0 Å². The Balaban J connectivity index is 1.70. The molecular formula is C19H23N3O4. The fourth-order valence-corrected chi connectivity index (χ4v) is 2.91. The standard InChI is InChI=1S/C19H23N3O4/c1-13-5-7-15(8-6-13)19(24)22(11-16-4-3-9-25-16)12-18(23)20-17-10-14(2)26-21-17/h5-8,10,16H,3-4,9,11-12H2,1-2H3,(H,20,21,23). The molecule has 1 N–H and O–H groups in total. The molecule has 138 valence electrons. The Hall–Kier alpha value is -2.67. The molecule has 26 heavy (non-hydrogen) atoms. The lowest BCUT2D eigenvalue weighted by molar-refractivity contribution is -0.117. The van der Waals surface area contributed by atoms with Crippen LogP contribution in [0.4, 0.5) is 5.82 Å². The minimum Gasteiger partial charge on any atom is -0.376 e. The fourth-order valence-electron chi connectivity index (χ4n) is 2.91. The number of aromatic nitrogens is 1. The third kappa shape index (κ3) is 4.70. The van der Waals surface area contributed by atoms with E-state index in [1.807, 2.05) is 19.1 Å². The van der Waals surface area contributed by atoms with Crippen LogP contribution in [-0.2, 0) is 9.53 Å². The Kier molecular flexibility index (Phi) is 5.68. The van der Waals surface area contributed by atoms with Crippen molar-refractivity contribution in [1.29, 1.82) is 0 Å². The second-order valence-electron chi connectivity index (χ2n) is 6.56. The van der Waals surface area contributed by atoms with Crippen LogP contribution in [0.1, 0.15) is 34.5 Å². The molecule has 7 heteroatoms. The number of hydrogen-bond donors (Lipinski definition) is 1. The molecule has 1 atom stereocenters. The molecule has 2 amide bonds. The average molecular weight is 357 g/mol. The fraction of sp³-hybridized carbons (Fsp3) is 0.421. The van der Waals surface area contributed by atoms with E-state index in [2.05, 4.69) is 10.5 Å². The second kappa shape index (κ2) is 8.14. The van der Waals surface area contributed by atoms with Gasteiger partial charge < -0.3 is 19.5 Å². The first kappa shape index (κ1) is 18.1. The Bertz CT molecular complexity index is 763. The summed E-state index contributed by atoms with van der Waals surface area (Å²) in [6, 6.07) is 8.95. The molecule has 1 unspecified atom stereocenters. The molecular weight excluding hydrogens is 334 g/mol. The number of amides is 2. The van der Waals surface area contributed by atoms with Crippen LogP contribution in [0.25, 0.3) is 0 Å². The second-order valence-corrected chi connectivity index (χ2v) is 6.56. The van der Waals surface area contributed by atoms with Gasteiger partial charge in [0.25, 0.3) is 5.91 Å². The first-order chi connectivity index (χ1) is 12.5. The van der Waals surface area contributed by atoms with Crippen LogP contribution in [0, 0.1) is 13.8 Å². The summed E-state index contributed by atoms with van der Waals surface area (Å²) in [5.41, 5.74) is 1.63. The molecule has 0 radical (unpaired) electrons. The largest absolute Gasteiger partial charge is 0.376 e. The van der Waals surface area contributed by atoms with Crippen LogP contribution < -0.4 is 5.32 Å². The van der Waals surface area contributed by atoms with Crippen molar-refractivity contribution in [2.45, 2.75) is 32.8 Å². The third-order valence-corrected chi connectivity index (χ3v) is 4.26.